The highest BCUT2D eigenvalue weighted by atomic mass is 16.6. The molecule has 0 bridgehead atoms. The summed E-state index contributed by atoms with van der Waals surface area (Å²) in [7, 11) is 0. The van der Waals surface area contributed by atoms with E-state index in [0.29, 0.717) is 11.5 Å². The van der Waals surface area contributed by atoms with Crippen molar-refractivity contribution in [3.63, 3.8) is 0 Å². The van der Waals surface area contributed by atoms with E-state index in [1.165, 1.54) is 0 Å². The Morgan fingerprint density at radius 1 is 0.750 bits per heavy atom. The predicted octanol–water partition coefficient (Wildman–Crippen LogP) is 3.27. The highest BCUT2D eigenvalue weighted by Crippen LogP contribution is 2.32. The normalized spacial score (nSPS) is 9.12. The van der Waals surface area contributed by atoms with Gasteiger partial charge in [0.05, 0.1) is 0 Å². The summed E-state index contributed by atoms with van der Waals surface area (Å²) in [5.74, 6) is 0.922. The van der Waals surface area contributed by atoms with Crippen molar-refractivity contribution in [3.05, 3.63) is 59.6 Å². The van der Waals surface area contributed by atoms with Gasteiger partial charge >= 0.3 is 0 Å². The van der Waals surface area contributed by atoms with Crippen LogP contribution < -0.4 is 9.68 Å². The number of benzene rings is 2. The minimum absolute atomic E-state index is 0.461. The molecule has 0 aliphatic heterocycles. The molecule has 0 fully saturated rings. The molecule has 2 aromatic carbocycles. The topological polar surface area (TPSA) is 27.2 Å². The molecule has 0 saturated heterocycles. The molecule has 0 aromatic heterocycles. The molecular formula is C12H6N2O2. The lowest BCUT2D eigenvalue weighted by Crippen LogP contribution is -1.85. The first kappa shape index (κ1) is 9.82. The van der Waals surface area contributed by atoms with Crippen LogP contribution in [-0.2, 0) is 0 Å². The fourth-order valence-electron chi connectivity index (χ4n) is 1.51. The van der Waals surface area contributed by atoms with Crippen LogP contribution in [0.1, 0.15) is 0 Å². The van der Waals surface area contributed by atoms with Gasteiger partial charge in [-0.05, 0) is 22.1 Å². The first-order valence-corrected chi connectivity index (χ1v) is 4.46. The van der Waals surface area contributed by atoms with Gasteiger partial charge in [0.15, 0.2) is 0 Å². The van der Waals surface area contributed by atoms with Gasteiger partial charge in [-0.1, -0.05) is 24.3 Å². The van der Waals surface area contributed by atoms with Crippen molar-refractivity contribution in [2.45, 2.75) is 0 Å². The van der Waals surface area contributed by atoms with Crippen LogP contribution in [0.4, 0.5) is 0 Å². The third kappa shape index (κ3) is 1.60. The molecule has 0 radical (unpaired) electrons. The summed E-state index contributed by atoms with van der Waals surface area (Å²) in [5.41, 5.74) is 0. The summed E-state index contributed by atoms with van der Waals surface area (Å²) in [6, 6.07) is 10.5. The SMILES string of the molecule is [C-]#[N+]Oc1cccc2c(O[N+]#[C-])cccc12. The second-order valence-electron chi connectivity index (χ2n) is 2.97. The lowest BCUT2D eigenvalue weighted by molar-refractivity contribution is 0.473. The molecule has 0 atom stereocenters. The highest BCUT2D eigenvalue weighted by Gasteiger charge is 2.10. The molecule has 0 amide bonds. The summed E-state index contributed by atoms with van der Waals surface area (Å²) in [6.07, 6.45) is 0. The molecule has 0 spiro atoms. The van der Waals surface area contributed by atoms with E-state index in [2.05, 4.69) is 10.0 Å². The summed E-state index contributed by atoms with van der Waals surface area (Å²) in [6.45, 7) is 13.3. The third-order valence-electron chi connectivity index (χ3n) is 2.13. The number of hydrogen-bond acceptors (Lipinski definition) is 2. The average molecular weight is 210 g/mol. The molecule has 2 rings (SSSR count). The molecule has 4 nitrogen and oxygen atoms in total. The molecule has 0 heterocycles. The lowest BCUT2D eigenvalue weighted by Gasteiger charge is -2.00. The minimum atomic E-state index is 0.461. The number of fused-ring (bicyclic) bond motifs is 1. The van der Waals surface area contributed by atoms with Crippen LogP contribution >= 0.6 is 0 Å². The molecule has 4 heteroatoms. The molecule has 76 valence electrons. The van der Waals surface area contributed by atoms with Crippen molar-refractivity contribution in [2.75, 3.05) is 0 Å². The fraction of sp³-hybridized carbons (Fsp3) is 0. The third-order valence-corrected chi connectivity index (χ3v) is 2.13. The van der Waals surface area contributed by atoms with Crippen molar-refractivity contribution in [1.29, 1.82) is 0 Å². The largest absolute Gasteiger partial charge is 0.227 e. The van der Waals surface area contributed by atoms with Crippen LogP contribution in [0.3, 0.4) is 0 Å². The monoisotopic (exact) mass is 210 g/mol. The first-order valence-electron chi connectivity index (χ1n) is 4.46. The molecule has 0 unspecified atom stereocenters. The number of hydrogen-bond donors (Lipinski definition) is 0. The Bertz CT molecular complexity index is 553. The summed E-state index contributed by atoms with van der Waals surface area (Å²) >= 11 is 0. The zero-order valence-corrected chi connectivity index (χ0v) is 8.18. The predicted molar refractivity (Wildman–Crippen MR) is 58.4 cm³/mol. The van der Waals surface area contributed by atoms with Gasteiger partial charge in [-0.15, -0.1) is 0 Å². The molecule has 0 N–H and O–H groups in total. The van der Waals surface area contributed by atoms with E-state index in [4.69, 9.17) is 22.8 Å². The van der Waals surface area contributed by atoms with Crippen LogP contribution in [0.5, 0.6) is 11.5 Å². The van der Waals surface area contributed by atoms with Crippen LogP contribution in [0, 0.1) is 13.1 Å². The van der Waals surface area contributed by atoms with Gasteiger partial charge in [0.25, 0.3) is 0 Å². The van der Waals surface area contributed by atoms with E-state index >= 15 is 0 Å². The van der Waals surface area contributed by atoms with Crippen molar-refractivity contribution in [2.24, 2.45) is 0 Å². The van der Waals surface area contributed by atoms with Crippen molar-refractivity contribution in [3.8, 4) is 11.5 Å². The first-order chi connectivity index (χ1) is 7.86. The molecule has 2 aromatic rings. The van der Waals surface area contributed by atoms with Gasteiger partial charge in [-0.25, -0.2) is 0 Å². The van der Waals surface area contributed by atoms with Crippen molar-refractivity contribution in [1.82, 2.24) is 0 Å². The van der Waals surface area contributed by atoms with E-state index in [0.717, 1.165) is 10.8 Å². The maximum atomic E-state index is 6.67. The van der Waals surface area contributed by atoms with E-state index < -0.39 is 0 Å². The van der Waals surface area contributed by atoms with Crippen LogP contribution in [-0.4, -0.2) is 0 Å². The summed E-state index contributed by atoms with van der Waals surface area (Å²) in [4.78, 5) is 9.62. The zero-order chi connectivity index (χ0) is 11.4. The Morgan fingerprint density at radius 3 is 1.56 bits per heavy atom. The van der Waals surface area contributed by atoms with Gasteiger partial charge in [-0.3, -0.25) is 0 Å². The standard InChI is InChI=1S/C12H6N2O2/c1-13-15-11-7-3-6-10-9(11)5-4-8-12(10)16-14-2/h3-8H. The number of nitrogens with zero attached hydrogens (tertiary/aromatic N) is 2. The minimum Gasteiger partial charge on any atom is -0.157 e. The van der Waals surface area contributed by atoms with Crippen molar-refractivity contribution >= 4 is 10.8 Å². The number of rotatable bonds is 2. The second kappa shape index (κ2) is 4.20. The van der Waals surface area contributed by atoms with E-state index in [-0.39, 0.29) is 0 Å². The fourth-order valence-corrected chi connectivity index (χ4v) is 1.51. The van der Waals surface area contributed by atoms with Gasteiger partial charge in [0.2, 0.25) is 11.5 Å². The second-order valence-corrected chi connectivity index (χ2v) is 2.97. The molecule has 0 saturated carbocycles. The van der Waals surface area contributed by atoms with Gasteiger partial charge in [0, 0.05) is 10.8 Å². The highest BCUT2D eigenvalue weighted by molar-refractivity contribution is 5.93. The summed E-state index contributed by atoms with van der Waals surface area (Å²) in [5, 5.41) is 7.26. The Labute approximate surface area is 92.2 Å². The van der Waals surface area contributed by atoms with Gasteiger partial charge in [-0.2, -0.15) is 22.8 Å². The zero-order valence-electron chi connectivity index (χ0n) is 8.18. The van der Waals surface area contributed by atoms with Crippen LogP contribution in [0.15, 0.2) is 36.4 Å². The molecule has 0 aliphatic rings. The van der Waals surface area contributed by atoms with Gasteiger partial charge in [0.1, 0.15) is 0 Å². The Balaban J connectivity index is 2.68. The smallest absolute Gasteiger partial charge is 0.157 e. The lowest BCUT2D eigenvalue weighted by atomic mass is 10.1. The molecule has 0 aliphatic carbocycles. The maximum Gasteiger partial charge on any atom is 0.227 e. The Kier molecular flexibility index (Phi) is 2.58. The summed E-state index contributed by atoms with van der Waals surface area (Å²) < 4.78 is 0. The van der Waals surface area contributed by atoms with Crippen LogP contribution in [0.2, 0.25) is 0 Å². The molecular weight excluding hydrogens is 204 g/mol. The van der Waals surface area contributed by atoms with Crippen LogP contribution in [0.25, 0.3) is 20.8 Å². The maximum absolute atomic E-state index is 6.67. The van der Waals surface area contributed by atoms with E-state index in [9.17, 15) is 0 Å². The van der Waals surface area contributed by atoms with Crippen molar-refractivity contribution < 1.29 is 9.68 Å². The molecule has 16 heavy (non-hydrogen) atoms. The quantitative estimate of drug-likeness (QED) is 0.562. The Morgan fingerprint density at radius 2 is 1.19 bits per heavy atom. The Hall–Kier alpha value is -2.72. The average Bonchev–Trinajstić information content (AvgIpc) is 2.31. The van der Waals surface area contributed by atoms with E-state index in [1.54, 1.807) is 24.3 Å². The van der Waals surface area contributed by atoms with Gasteiger partial charge < -0.3 is 0 Å². The van der Waals surface area contributed by atoms with E-state index in [1.807, 2.05) is 12.1 Å².